The Morgan fingerprint density at radius 2 is 1.97 bits per heavy atom. The Morgan fingerprint density at radius 3 is 2.69 bits per heavy atom. The van der Waals surface area contributed by atoms with E-state index in [1.807, 2.05) is 43.7 Å². The molecule has 6 nitrogen and oxygen atoms in total. The van der Waals surface area contributed by atoms with Crippen molar-refractivity contribution >= 4 is 52.2 Å². The summed E-state index contributed by atoms with van der Waals surface area (Å²) in [7, 11) is 1.88. The summed E-state index contributed by atoms with van der Waals surface area (Å²) in [6.07, 6.45) is 0. The van der Waals surface area contributed by atoms with Gasteiger partial charge in [-0.25, -0.2) is 0 Å². The number of aromatic nitrogens is 3. The minimum Gasteiger partial charge on any atom is -0.378 e. The number of aryl methyl sites for hydroxylation is 1. The van der Waals surface area contributed by atoms with Crippen molar-refractivity contribution in [2.75, 3.05) is 10.6 Å². The van der Waals surface area contributed by atoms with Crippen molar-refractivity contribution in [2.45, 2.75) is 30.8 Å². The Kier molecular flexibility index (Phi) is 7.05. The van der Waals surface area contributed by atoms with Gasteiger partial charge >= 0.3 is 0 Å². The Morgan fingerprint density at radius 1 is 1.17 bits per heavy atom. The molecule has 2 N–H and O–H groups in total. The van der Waals surface area contributed by atoms with E-state index < -0.39 is 0 Å². The van der Waals surface area contributed by atoms with Gasteiger partial charge in [-0.15, -0.1) is 10.2 Å². The van der Waals surface area contributed by atoms with Crippen molar-refractivity contribution in [1.29, 1.82) is 0 Å². The summed E-state index contributed by atoms with van der Waals surface area (Å²) < 4.78 is 1.87. The average molecular weight is 450 g/mol. The van der Waals surface area contributed by atoms with Crippen molar-refractivity contribution < 1.29 is 4.79 Å². The molecule has 29 heavy (non-hydrogen) atoms. The number of carbonyl (C=O) groups excluding carboxylic acids is 1. The van der Waals surface area contributed by atoms with Crippen LogP contribution in [0.2, 0.25) is 10.0 Å². The molecule has 1 amide bonds. The molecular formula is C20H21Cl2N5OS. The van der Waals surface area contributed by atoms with Gasteiger partial charge in [0.15, 0.2) is 11.0 Å². The molecule has 9 heteroatoms. The molecule has 0 aliphatic carbocycles. The summed E-state index contributed by atoms with van der Waals surface area (Å²) in [4.78, 5) is 12.5. The first-order valence-corrected chi connectivity index (χ1v) is 10.6. The number of halogens is 2. The lowest BCUT2D eigenvalue weighted by molar-refractivity contribution is -0.115. The third-order valence-corrected chi connectivity index (χ3v) is 6.07. The SMILES string of the molecule is Cc1ccc(NCc2nnc(SC(C)C(=O)Nc3cccc(Cl)c3)n2C)cc1Cl. The first-order chi connectivity index (χ1) is 13.8. The van der Waals surface area contributed by atoms with Crippen LogP contribution in [0.15, 0.2) is 47.6 Å². The van der Waals surface area contributed by atoms with Gasteiger partial charge in [0.25, 0.3) is 0 Å². The highest BCUT2D eigenvalue weighted by Gasteiger charge is 2.19. The summed E-state index contributed by atoms with van der Waals surface area (Å²) in [5, 5.41) is 16.2. The maximum atomic E-state index is 12.5. The number of nitrogens with zero attached hydrogens (tertiary/aromatic N) is 3. The topological polar surface area (TPSA) is 71.8 Å². The molecule has 1 unspecified atom stereocenters. The van der Waals surface area contributed by atoms with Gasteiger partial charge < -0.3 is 15.2 Å². The largest absolute Gasteiger partial charge is 0.378 e. The quantitative estimate of drug-likeness (QED) is 0.487. The number of benzene rings is 2. The van der Waals surface area contributed by atoms with Gasteiger partial charge in [0, 0.05) is 28.5 Å². The van der Waals surface area contributed by atoms with E-state index in [1.165, 1.54) is 11.8 Å². The van der Waals surface area contributed by atoms with Gasteiger partial charge in [0.2, 0.25) is 5.91 Å². The summed E-state index contributed by atoms with van der Waals surface area (Å²) in [5.41, 5.74) is 2.60. The van der Waals surface area contributed by atoms with Gasteiger partial charge in [-0.1, -0.05) is 47.1 Å². The molecule has 0 spiro atoms. The molecule has 0 radical (unpaired) electrons. The number of rotatable bonds is 7. The Labute approximate surface area is 184 Å². The minimum absolute atomic E-state index is 0.130. The maximum Gasteiger partial charge on any atom is 0.237 e. The molecule has 3 aromatic rings. The predicted molar refractivity (Wildman–Crippen MR) is 120 cm³/mol. The highest BCUT2D eigenvalue weighted by molar-refractivity contribution is 8.00. The molecule has 0 saturated carbocycles. The Hall–Kier alpha value is -2.22. The molecule has 1 heterocycles. The van der Waals surface area contributed by atoms with Crippen LogP contribution in [0.4, 0.5) is 11.4 Å². The van der Waals surface area contributed by atoms with Crippen LogP contribution < -0.4 is 10.6 Å². The van der Waals surface area contributed by atoms with E-state index in [9.17, 15) is 4.79 Å². The van der Waals surface area contributed by atoms with E-state index in [0.717, 1.165) is 17.1 Å². The Bertz CT molecular complexity index is 1020. The standard InChI is InChI=1S/C20H21Cl2N5OS/c1-12-7-8-15(10-17(12)22)23-11-18-25-26-20(27(18)3)29-13(2)19(28)24-16-6-4-5-14(21)9-16/h4-10,13,23H,11H2,1-3H3,(H,24,28). The highest BCUT2D eigenvalue weighted by atomic mass is 35.5. The van der Waals surface area contributed by atoms with Crippen LogP contribution >= 0.6 is 35.0 Å². The first-order valence-electron chi connectivity index (χ1n) is 8.95. The van der Waals surface area contributed by atoms with Crippen LogP contribution in [-0.2, 0) is 18.4 Å². The van der Waals surface area contributed by atoms with E-state index in [-0.39, 0.29) is 11.2 Å². The number of hydrogen-bond donors (Lipinski definition) is 2. The number of anilines is 2. The highest BCUT2D eigenvalue weighted by Crippen LogP contribution is 2.24. The van der Waals surface area contributed by atoms with Crippen LogP contribution in [0.5, 0.6) is 0 Å². The van der Waals surface area contributed by atoms with E-state index in [2.05, 4.69) is 20.8 Å². The monoisotopic (exact) mass is 449 g/mol. The molecule has 0 saturated heterocycles. The molecule has 2 aromatic carbocycles. The van der Waals surface area contributed by atoms with Gasteiger partial charge in [-0.3, -0.25) is 4.79 Å². The van der Waals surface area contributed by atoms with Crippen molar-refractivity contribution in [3.05, 3.63) is 63.9 Å². The maximum absolute atomic E-state index is 12.5. The molecule has 1 atom stereocenters. The third kappa shape index (κ3) is 5.65. The van der Waals surface area contributed by atoms with E-state index in [0.29, 0.717) is 27.4 Å². The summed E-state index contributed by atoms with van der Waals surface area (Å²) in [6, 6.07) is 12.9. The molecule has 0 bridgehead atoms. The number of hydrogen-bond acceptors (Lipinski definition) is 5. The number of carbonyl (C=O) groups is 1. The van der Waals surface area contributed by atoms with E-state index in [4.69, 9.17) is 23.2 Å². The number of thioether (sulfide) groups is 1. The summed E-state index contributed by atoms with van der Waals surface area (Å²) in [5.74, 6) is 0.626. The van der Waals surface area contributed by atoms with Crippen molar-refractivity contribution in [3.63, 3.8) is 0 Å². The second-order valence-corrected chi connectivity index (χ2v) is 8.69. The van der Waals surface area contributed by atoms with Crippen molar-refractivity contribution in [2.24, 2.45) is 7.05 Å². The number of nitrogens with one attached hydrogen (secondary N) is 2. The molecule has 3 rings (SSSR count). The van der Waals surface area contributed by atoms with Crippen LogP contribution in [0.1, 0.15) is 18.3 Å². The van der Waals surface area contributed by atoms with Crippen molar-refractivity contribution in [3.8, 4) is 0 Å². The fourth-order valence-electron chi connectivity index (χ4n) is 2.51. The second-order valence-electron chi connectivity index (χ2n) is 6.54. The minimum atomic E-state index is -0.353. The normalized spacial score (nSPS) is 11.9. The lowest BCUT2D eigenvalue weighted by atomic mass is 10.2. The van der Waals surface area contributed by atoms with E-state index >= 15 is 0 Å². The van der Waals surface area contributed by atoms with Crippen LogP contribution in [0.3, 0.4) is 0 Å². The number of amides is 1. The molecular weight excluding hydrogens is 429 g/mol. The first kappa shape index (κ1) is 21.5. The van der Waals surface area contributed by atoms with Gasteiger partial charge in [-0.2, -0.15) is 0 Å². The lowest BCUT2D eigenvalue weighted by Gasteiger charge is -2.12. The molecule has 0 aliphatic rings. The molecule has 0 fully saturated rings. The van der Waals surface area contributed by atoms with E-state index in [1.54, 1.807) is 24.3 Å². The van der Waals surface area contributed by atoms with Crippen LogP contribution in [0.25, 0.3) is 0 Å². The van der Waals surface area contributed by atoms with Crippen LogP contribution in [0, 0.1) is 6.92 Å². The fraction of sp³-hybridized carbons (Fsp3) is 0.250. The fourth-order valence-corrected chi connectivity index (χ4v) is 3.71. The lowest BCUT2D eigenvalue weighted by Crippen LogP contribution is -2.22. The molecule has 1 aromatic heterocycles. The molecule has 0 aliphatic heterocycles. The zero-order valence-electron chi connectivity index (χ0n) is 16.2. The summed E-state index contributed by atoms with van der Waals surface area (Å²) >= 11 is 13.5. The van der Waals surface area contributed by atoms with Gasteiger partial charge in [-0.05, 0) is 49.7 Å². The van der Waals surface area contributed by atoms with Gasteiger partial charge in [0.1, 0.15) is 0 Å². The average Bonchev–Trinajstić information content (AvgIpc) is 3.02. The molecule has 152 valence electrons. The predicted octanol–water partition coefficient (Wildman–Crippen LogP) is 5.16. The van der Waals surface area contributed by atoms with Crippen LogP contribution in [-0.4, -0.2) is 25.9 Å². The summed E-state index contributed by atoms with van der Waals surface area (Å²) in [6.45, 7) is 4.28. The Balaban J connectivity index is 1.59. The zero-order chi connectivity index (χ0) is 21.0. The zero-order valence-corrected chi connectivity index (χ0v) is 18.6. The van der Waals surface area contributed by atoms with Crippen molar-refractivity contribution in [1.82, 2.24) is 14.8 Å². The smallest absolute Gasteiger partial charge is 0.237 e. The third-order valence-electron chi connectivity index (χ3n) is 4.29. The second kappa shape index (κ2) is 9.52. The van der Waals surface area contributed by atoms with Gasteiger partial charge in [0.05, 0.1) is 11.8 Å².